The molecule has 2 N–H and O–H groups in total. The standard InChI is InChI=1S/C12H24N2O/c1-11(15)8-14-7-3-5-12(10-14)4-2-6-13-9-12/h11,13,15H,2-10H2,1H3/t11-,12?/m0/s1. The minimum Gasteiger partial charge on any atom is -0.392 e. The molecule has 2 aliphatic heterocycles. The minimum absolute atomic E-state index is 0.184. The van der Waals surface area contributed by atoms with E-state index in [2.05, 4.69) is 10.2 Å². The fraction of sp³-hybridized carbons (Fsp3) is 1.00. The fourth-order valence-corrected chi connectivity index (χ4v) is 3.22. The van der Waals surface area contributed by atoms with Gasteiger partial charge >= 0.3 is 0 Å². The first kappa shape index (κ1) is 11.4. The molecule has 2 saturated heterocycles. The smallest absolute Gasteiger partial charge is 0.0639 e. The summed E-state index contributed by atoms with van der Waals surface area (Å²) in [6, 6.07) is 0. The van der Waals surface area contributed by atoms with E-state index in [1.165, 1.54) is 51.9 Å². The molecule has 0 aromatic heterocycles. The van der Waals surface area contributed by atoms with Gasteiger partial charge in [-0.05, 0) is 51.1 Å². The normalized spacial score (nSPS) is 35.6. The van der Waals surface area contributed by atoms with E-state index >= 15 is 0 Å². The first-order valence-corrected chi connectivity index (χ1v) is 6.31. The van der Waals surface area contributed by atoms with E-state index in [0.717, 1.165) is 6.54 Å². The zero-order valence-corrected chi connectivity index (χ0v) is 9.84. The Hall–Kier alpha value is -0.120. The van der Waals surface area contributed by atoms with Crippen molar-refractivity contribution in [3.8, 4) is 0 Å². The van der Waals surface area contributed by atoms with Crippen LogP contribution in [0.25, 0.3) is 0 Å². The van der Waals surface area contributed by atoms with E-state index in [4.69, 9.17) is 0 Å². The van der Waals surface area contributed by atoms with Crippen molar-refractivity contribution in [3.63, 3.8) is 0 Å². The Labute approximate surface area is 92.8 Å². The van der Waals surface area contributed by atoms with Crippen LogP contribution in [0, 0.1) is 5.41 Å². The SMILES string of the molecule is C[C@H](O)CN1CCCC2(CCCNC2)C1. The predicted octanol–water partition coefficient (Wildman–Crippen LogP) is 0.833. The van der Waals surface area contributed by atoms with Crippen LogP contribution in [-0.4, -0.2) is 48.8 Å². The third-order valence-electron chi connectivity index (χ3n) is 3.82. The maximum absolute atomic E-state index is 9.43. The number of rotatable bonds is 2. The summed E-state index contributed by atoms with van der Waals surface area (Å²) >= 11 is 0. The van der Waals surface area contributed by atoms with E-state index in [9.17, 15) is 5.11 Å². The van der Waals surface area contributed by atoms with E-state index in [1.807, 2.05) is 6.92 Å². The quantitative estimate of drug-likeness (QED) is 0.712. The molecular weight excluding hydrogens is 188 g/mol. The highest BCUT2D eigenvalue weighted by Crippen LogP contribution is 2.35. The van der Waals surface area contributed by atoms with Crippen LogP contribution in [0.3, 0.4) is 0 Å². The molecule has 88 valence electrons. The van der Waals surface area contributed by atoms with Crippen molar-refractivity contribution in [1.82, 2.24) is 10.2 Å². The van der Waals surface area contributed by atoms with Crippen molar-refractivity contribution in [1.29, 1.82) is 0 Å². The van der Waals surface area contributed by atoms with Gasteiger partial charge in [-0.25, -0.2) is 0 Å². The molecular formula is C12H24N2O. The molecule has 1 spiro atoms. The molecule has 2 aliphatic rings. The lowest BCUT2D eigenvalue weighted by Crippen LogP contribution is -2.52. The van der Waals surface area contributed by atoms with Crippen LogP contribution in [0.15, 0.2) is 0 Å². The van der Waals surface area contributed by atoms with Crippen LogP contribution >= 0.6 is 0 Å². The Balaban J connectivity index is 1.90. The number of β-amino-alcohol motifs (C(OH)–C–C–N with tert-alkyl or cyclic N) is 1. The fourth-order valence-electron chi connectivity index (χ4n) is 3.22. The largest absolute Gasteiger partial charge is 0.392 e. The Bertz CT molecular complexity index is 194. The van der Waals surface area contributed by atoms with Gasteiger partial charge in [-0.1, -0.05) is 0 Å². The van der Waals surface area contributed by atoms with E-state index in [1.54, 1.807) is 0 Å². The Morgan fingerprint density at radius 2 is 2.20 bits per heavy atom. The third kappa shape index (κ3) is 2.92. The van der Waals surface area contributed by atoms with Crippen LogP contribution in [0.4, 0.5) is 0 Å². The van der Waals surface area contributed by atoms with Gasteiger partial charge in [0.1, 0.15) is 0 Å². The number of nitrogens with zero attached hydrogens (tertiary/aromatic N) is 1. The highest BCUT2D eigenvalue weighted by molar-refractivity contribution is 4.91. The van der Waals surface area contributed by atoms with E-state index < -0.39 is 0 Å². The Morgan fingerprint density at radius 1 is 1.40 bits per heavy atom. The van der Waals surface area contributed by atoms with Crippen LogP contribution < -0.4 is 5.32 Å². The molecule has 2 heterocycles. The molecule has 15 heavy (non-hydrogen) atoms. The predicted molar refractivity (Wildman–Crippen MR) is 61.9 cm³/mol. The van der Waals surface area contributed by atoms with Crippen molar-refractivity contribution in [3.05, 3.63) is 0 Å². The number of aliphatic hydroxyl groups excluding tert-OH is 1. The van der Waals surface area contributed by atoms with Crippen LogP contribution in [0.1, 0.15) is 32.6 Å². The van der Waals surface area contributed by atoms with E-state index in [0.29, 0.717) is 5.41 Å². The molecule has 2 rings (SSSR count). The molecule has 2 fully saturated rings. The third-order valence-corrected chi connectivity index (χ3v) is 3.82. The second kappa shape index (κ2) is 4.81. The molecule has 0 saturated carbocycles. The molecule has 0 radical (unpaired) electrons. The Morgan fingerprint density at radius 3 is 2.87 bits per heavy atom. The average Bonchev–Trinajstić information content (AvgIpc) is 2.17. The highest BCUT2D eigenvalue weighted by Gasteiger charge is 2.36. The zero-order valence-electron chi connectivity index (χ0n) is 9.84. The summed E-state index contributed by atoms with van der Waals surface area (Å²) in [7, 11) is 0. The van der Waals surface area contributed by atoms with Crippen molar-refractivity contribution < 1.29 is 5.11 Å². The maximum atomic E-state index is 9.43. The van der Waals surface area contributed by atoms with Crippen molar-refractivity contribution in [2.75, 3.05) is 32.7 Å². The number of likely N-dealkylation sites (tertiary alicyclic amines) is 1. The summed E-state index contributed by atoms with van der Waals surface area (Å²) in [6.45, 7) is 7.47. The van der Waals surface area contributed by atoms with Crippen molar-refractivity contribution in [2.24, 2.45) is 5.41 Å². The van der Waals surface area contributed by atoms with Crippen LogP contribution in [-0.2, 0) is 0 Å². The lowest BCUT2D eigenvalue weighted by Gasteiger charge is -2.45. The summed E-state index contributed by atoms with van der Waals surface area (Å²) in [5.74, 6) is 0. The second-order valence-electron chi connectivity index (χ2n) is 5.47. The molecule has 2 atom stereocenters. The monoisotopic (exact) mass is 212 g/mol. The van der Waals surface area contributed by atoms with Gasteiger partial charge in [0.2, 0.25) is 0 Å². The number of hydrogen-bond donors (Lipinski definition) is 2. The van der Waals surface area contributed by atoms with Gasteiger partial charge in [0, 0.05) is 19.6 Å². The topological polar surface area (TPSA) is 35.5 Å². The molecule has 3 heteroatoms. The first-order valence-electron chi connectivity index (χ1n) is 6.31. The van der Waals surface area contributed by atoms with Gasteiger partial charge in [0.25, 0.3) is 0 Å². The van der Waals surface area contributed by atoms with E-state index in [-0.39, 0.29) is 6.10 Å². The second-order valence-corrected chi connectivity index (χ2v) is 5.47. The summed E-state index contributed by atoms with van der Waals surface area (Å²) in [4.78, 5) is 2.45. The summed E-state index contributed by atoms with van der Waals surface area (Å²) < 4.78 is 0. The van der Waals surface area contributed by atoms with Gasteiger partial charge in [-0.3, -0.25) is 0 Å². The average molecular weight is 212 g/mol. The molecule has 0 amide bonds. The molecule has 0 bridgehead atoms. The lowest BCUT2D eigenvalue weighted by molar-refractivity contribution is 0.0362. The van der Waals surface area contributed by atoms with Gasteiger partial charge in [-0.2, -0.15) is 0 Å². The van der Waals surface area contributed by atoms with Crippen LogP contribution in [0.2, 0.25) is 0 Å². The van der Waals surface area contributed by atoms with Gasteiger partial charge < -0.3 is 15.3 Å². The molecule has 3 nitrogen and oxygen atoms in total. The van der Waals surface area contributed by atoms with Crippen molar-refractivity contribution >= 4 is 0 Å². The number of aliphatic hydroxyl groups is 1. The maximum Gasteiger partial charge on any atom is 0.0639 e. The van der Waals surface area contributed by atoms with Gasteiger partial charge in [0.15, 0.2) is 0 Å². The summed E-state index contributed by atoms with van der Waals surface area (Å²) in [5.41, 5.74) is 0.519. The molecule has 0 aromatic carbocycles. The number of piperidine rings is 2. The Kier molecular flexibility index (Phi) is 3.65. The summed E-state index contributed by atoms with van der Waals surface area (Å²) in [5, 5.41) is 13.0. The minimum atomic E-state index is -0.184. The number of nitrogens with one attached hydrogen (secondary N) is 1. The van der Waals surface area contributed by atoms with Gasteiger partial charge in [-0.15, -0.1) is 0 Å². The molecule has 0 aromatic rings. The zero-order chi connectivity index (χ0) is 10.7. The van der Waals surface area contributed by atoms with Gasteiger partial charge in [0.05, 0.1) is 6.10 Å². The lowest BCUT2D eigenvalue weighted by atomic mass is 9.74. The van der Waals surface area contributed by atoms with Crippen molar-refractivity contribution in [2.45, 2.75) is 38.7 Å². The number of hydrogen-bond acceptors (Lipinski definition) is 3. The highest BCUT2D eigenvalue weighted by atomic mass is 16.3. The van der Waals surface area contributed by atoms with Crippen LogP contribution in [0.5, 0.6) is 0 Å². The molecule has 0 aliphatic carbocycles. The summed E-state index contributed by atoms with van der Waals surface area (Å²) in [6.07, 6.45) is 5.18. The molecule has 1 unspecified atom stereocenters. The first-order chi connectivity index (χ1) is 7.20.